The number of fused-ring (bicyclic) bond motifs is 3. The van der Waals surface area contributed by atoms with E-state index >= 15 is 0 Å². The lowest BCUT2D eigenvalue weighted by Crippen LogP contribution is -2.44. The van der Waals surface area contributed by atoms with E-state index in [4.69, 9.17) is 16.3 Å². The number of ether oxygens (including phenoxy) is 1. The maximum absolute atomic E-state index is 14.1. The van der Waals surface area contributed by atoms with E-state index in [1.165, 1.54) is 0 Å². The molecule has 3 aliphatic heterocycles. The van der Waals surface area contributed by atoms with Crippen LogP contribution < -0.4 is 15.2 Å². The summed E-state index contributed by atoms with van der Waals surface area (Å²) in [5, 5.41) is 2.80. The topological polar surface area (TPSA) is 61.5 Å². The Morgan fingerprint density at radius 2 is 2.09 bits per heavy atom. The number of halogens is 2. The molecule has 6 rings (SSSR count). The molecule has 6 nitrogen and oxygen atoms in total. The molecule has 2 saturated heterocycles. The van der Waals surface area contributed by atoms with E-state index in [9.17, 15) is 9.18 Å². The maximum Gasteiger partial charge on any atom is 0.296 e. The summed E-state index contributed by atoms with van der Waals surface area (Å²) < 4.78 is 20.1. The Morgan fingerprint density at radius 3 is 2.97 bits per heavy atom. The SMILES string of the molecule is O=c1[nH]c(OCC23CCCN2C[C@H](F)C3)nc2c1CCN(c1cccc3cccc(Cl)c13)C2. The Hall–Kier alpha value is -2.64. The van der Waals surface area contributed by atoms with E-state index in [0.29, 0.717) is 49.7 Å². The van der Waals surface area contributed by atoms with Gasteiger partial charge < -0.3 is 9.64 Å². The second-order valence-electron chi connectivity index (χ2n) is 9.45. The summed E-state index contributed by atoms with van der Waals surface area (Å²) in [6.07, 6.45) is 2.23. The smallest absolute Gasteiger partial charge is 0.296 e. The molecule has 33 heavy (non-hydrogen) atoms. The summed E-state index contributed by atoms with van der Waals surface area (Å²) >= 11 is 6.54. The van der Waals surface area contributed by atoms with Gasteiger partial charge in [0.15, 0.2) is 0 Å². The van der Waals surface area contributed by atoms with E-state index in [-0.39, 0.29) is 17.1 Å². The molecule has 3 aliphatic rings. The van der Waals surface area contributed by atoms with Crippen molar-refractivity contribution in [2.45, 2.75) is 43.9 Å². The molecular formula is C25H26ClFN4O2. The Morgan fingerprint density at radius 1 is 1.24 bits per heavy atom. The highest BCUT2D eigenvalue weighted by atomic mass is 35.5. The molecule has 2 atom stereocenters. The third-order valence-corrected chi connectivity index (χ3v) is 7.78. The Bertz CT molecular complexity index is 1280. The van der Waals surface area contributed by atoms with Gasteiger partial charge in [0.05, 0.1) is 22.8 Å². The number of alkyl halides is 1. The largest absolute Gasteiger partial charge is 0.463 e. The second-order valence-corrected chi connectivity index (χ2v) is 9.85. The molecule has 4 heterocycles. The van der Waals surface area contributed by atoms with Gasteiger partial charge in [-0.3, -0.25) is 14.7 Å². The molecule has 1 unspecified atom stereocenters. The highest BCUT2D eigenvalue weighted by Gasteiger charge is 2.49. The second kappa shape index (κ2) is 7.99. The van der Waals surface area contributed by atoms with Gasteiger partial charge in [-0.25, -0.2) is 4.39 Å². The van der Waals surface area contributed by atoms with Gasteiger partial charge >= 0.3 is 0 Å². The first kappa shape index (κ1) is 20.9. The highest BCUT2D eigenvalue weighted by Crippen LogP contribution is 2.40. The third-order valence-electron chi connectivity index (χ3n) is 7.46. The molecule has 0 spiro atoms. The van der Waals surface area contributed by atoms with Crippen LogP contribution in [0.2, 0.25) is 5.02 Å². The van der Waals surface area contributed by atoms with Crippen molar-refractivity contribution in [2.24, 2.45) is 0 Å². The van der Waals surface area contributed by atoms with Crippen molar-refractivity contribution in [3.63, 3.8) is 0 Å². The van der Waals surface area contributed by atoms with Gasteiger partial charge in [0.1, 0.15) is 12.8 Å². The predicted octanol–water partition coefficient (Wildman–Crippen LogP) is 4.09. The fourth-order valence-corrected chi connectivity index (χ4v) is 6.16. The summed E-state index contributed by atoms with van der Waals surface area (Å²) in [6, 6.07) is 12.3. The van der Waals surface area contributed by atoms with Gasteiger partial charge in [-0.05, 0) is 43.3 Å². The van der Waals surface area contributed by atoms with E-state index in [2.05, 4.69) is 25.8 Å². The van der Waals surface area contributed by atoms with Crippen LogP contribution in [0.5, 0.6) is 6.01 Å². The first-order valence-electron chi connectivity index (χ1n) is 11.6. The lowest BCUT2D eigenvalue weighted by atomic mass is 9.95. The standard InChI is InChI=1S/C25H26ClFN4O2/c26-19-6-1-4-16-5-2-7-21(22(16)19)30-11-8-18-20(14-30)28-24(29-23(18)32)33-15-25-9-3-10-31(25)13-17(27)12-25/h1-2,4-7,17H,3,8-15H2,(H,28,29,32)/t17-,25?/m1/s1. The minimum atomic E-state index is -0.814. The molecule has 0 amide bonds. The number of H-pyrrole nitrogens is 1. The zero-order chi connectivity index (χ0) is 22.6. The van der Waals surface area contributed by atoms with Crippen LogP contribution in [0.3, 0.4) is 0 Å². The lowest BCUT2D eigenvalue weighted by Gasteiger charge is -2.32. The van der Waals surface area contributed by atoms with Crippen molar-refractivity contribution >= 4 is 28.1 Å². The van der Waals surface area contributed by atoms with Crippen molar-refractivity contribution in [1.82, 2.24) is 14.9 Å². The van der Waals surface area contributed by atoms with Crippen molar-refractivity contribution in [3.8, 4) is 6.01 Å². The molecule has 1 aromatic heterocycles. The number of rotatable bonds is 4. The minimum Gasteiger partial charge on any atom is -0.463 e. The summed E-state index contributed by atoms with van der Waals surface area (Å²) in [4.78, 5) is 24.7. The quantitative estimate of drug-likeness (QED) is 0.624. The predicted molar refractivity (Wildman–Crippen MR) is 127 cm³/mol. The number of aromatic amines is 1. The molecule has 172 valence electrons. The van der Waals surface area contributed by atoms with Gasteiger partial charge in [0, 0.05) is 36.1 Å². The van der Waals surface area contributed by atoms with Gasteiger partial charge in [-0.1, -0.05) is 35.9 Å². The molecule has 8 heteroatoms. The lowest BCUT2D eigenvalue weighted by molar-refractivity contribution is 0.107. The first-order valence-corrected chi connectivity index (χ1v) is 12.0. The van der Waals surface area contributed by atoms with Gasteiger partial charge in [0.25, 0.3) is 11.6 Å². The van der Waals surface area contributed by atoms with E-state index in [1.54, 1.807) is 0 Å². The summed E-state index contributed by atoms with van der Waals surface area (Å²) in [7, 11) is 0. The highest BCUT2D eigenvalue weighted by molar-refractivity contribution is 6.36. The molecule has 0 radical (unpaired) electrons. The summed E-state index contributed by atoms with van der Waals surface area (Å²) in [5.41, 5.74) is 2.03. The molecule has 2 fully saturated rings. The van der Waals surface area contributed by atoms with Gasteiger partial charge in [0.2, 0.25) is 0 Å². The van der Waals surface area contributed by atoms with Gasteiger partial charge in [-0.15, -0.1) is 0 Å². The average Bonchev–Trinajstić information content (AvgIpc) is 3.33. The molecule has 0 saturated carbocycles. The third kappa shape index (κ3) is 3.58. The number of hydrogen-bond acceptors (Lipinski definition) is 5. The van der Waals surface area contributed by atoms with Crippen molar-refractivity contribution in [2.75, 3.05) is 31.1 Å². The Kier molecular flexibility index (Phi) is 5.07. The molecule has 3 aromatic rings. The van der Waals surface area contributed by atoms with E-state index in [1.807, 2.05) is 30.3 Å². The van der Waals surface area contributed by atoms with Crippen LogP contribution in [0.15, 0.2) is 41.2 Å². The first-order chi connectivity index (χ1) is 16.0. The number of nitrogens with zero attached hydrogens (tertiary/aromatic N) is 3. The number of hydrogen-bond donors (Lipinski definition) is 1. The average molecular weight is 469 g/mol. The molecule has 1 N–H and O–H groups in total. The normalized spacial score (nSPS) is 24.8. The maximum atomic E-state index is 14.1. The minimum absolute atomic E-state index is 0.152. The van der Waals surface area contributed by atoms with E-state index in [0.717, 1.165) is 41.5 Å². The van der Waals surface area contributed by atoms with Crippen LogP contribution in [-0.4, -0.2) is 52.8 Å². The fraction of sp³-hybridized carbons (Fsp3) is 0.440. The molecule has 0 bridgehead atoms. The van der Waals surface area contributed by atoms with Gasteiger partial charge in [-0.2, -0.15) is 4.98 Å². The van der Waals surface area contributed by atoms with Crippen LogP contribution >= 0.6 is 11.6 Å². The number of anilines is 1. The van der Waals surface area contributed by atoms with Crippen molar-refractivity contribution in [1.29, 1.82) is 0 Å². The number of nitrogens with one attached hydrogen (secondary N) is 1. The molecular weight excluding hydrogens is 443 g/mol. The van der Waals surface area contributed by atoms with Crippen LogP contribution in [-0.2, 0) is 13.0 Å². The zero-order valence-corrected chi connectivity index (χ0v) is 19.1. The van der Waals surface area contributed by atoms with Crippen LogP contribution in [0.4, 0.5) is 10.1 Å². The van der Waals surface area contributed by atoms with Crippen molar-refractivity contribution < 1.29 is 9.13 Å². The van der Waals surface area contributed by atoms with E-state index < -0.39 is 6.17 Å². The molecule has 0 aliphatic carbocycles. The number of benzene rings is 2. The van der Waals surface area contributed by atoms with Crippen LogP contribution in [0, 0.1) is 0 Å². The van der Waals surface area contributed by atoms with Crippen LogP contribution in [0.25, 0.3) is 10.8 Å². The molecule has 2 aromatic carbocycles. The summed E-state index contributed by atoms with van der Waals surface area (Å²) in [6.45, 7) is 2.93. The zero-order valence-electron chi connectivity index (χ0n) is 18.3. The van der Waals surface area contributed by atoms with Crippen LogP contribution in [0.1, 0.15) is 30.5 Å². The summed E-state index contributed by atoms with van der Waals surface area (Å²) in [5.74, 6) is 0. The van der Waals surface area contributed by atoms with Crippen molar-refractivity contribution in [3.05, 3.63) is 63.0 Å². The fourth-order valence-electron chi connectivity index (χ4n) is 5.88. The monoisotopic (exact) mass is 468 g/mol. The Balaban J connectivity index is 1.27. The Labute approximate surface area is 196 Å². The number of aromatic nitrogens is 2.